The van der Waals surface area contributed by atoms with Crippen molar-refractivity contribution in [3.8, 4) is 0 Å². The van der Waals surface area contributed by atoms with Crippen molar-refractivity contribution in [2.24, 2.45) is 0 Å². The van der Waals surface area contributed by atoms with Crippen LogP contribution in [0.1, 0.15) is 0 Å². The van der Waals surface area contributed by atoms with Crippen molar-refractivity contribution in [1.82, 2.24) is 14.9 Å². The monoisotopic (exact) mass is 319 g/mol. The minimum atomic E-state index is -0.963. The van der Waals surface area contributed by atoms with E-state index in [2.05, 4.69) is 15.3 Å². The average molecular weight is 319 g/mol. The lowest BCUT2D eigenvalue weighted by atomic mass is 10.3. The number of likely N-dealkylation sites (N-methyl/N-ethyl adjacent to an activating group) is 1. The number of nitrogen functional groups attached to an aromatic ring is 1. The van der Waals surface area contributed by atoms with Crippen LogP contribution in [0.4, 0.5) is 16.4 Å². The van der Waals surface area contributed by atoms with Gasteiger partial charge >= 0.3 is 6.09 Å². The van der Waals surface area contributed by atoms with Crippen LogP contribution in [0.3, 0.4) is 0 Å². The van der Waals surface area contributed by atoms with Crippen molar-refractivity contribution in [1.29, 1.82) is 0 Å². The van der Waals surface area contributed by atoms with Gasteiger partial charge in [-0.1, -0.05) is 11.8 Å². The molecule has 116 valence electrons. The first kappa shape index (κ1) is 15.9. The van der Waals surface area contributed by atoms with E-state index in [0.29, 0.717) is 19.0 Å². The van der Waals surface area contributed by atoms with Crippen LogP contribution in [0.25, 0.3) is 0 Å². The highest BCUT2D eigenvalue weighted by Gasteiger charge is 2.05. The zero-order valence-corrected chi connectivity index (χ0v) is 12.9. The first-order valence-corrected chi connectivity index (χ1v) is 7.40. The van der Waals surface area contributed by atoms with E-state index in [9.17, 15) is 4.79 Å². The molecule has 0 aliphatic heterocycles. The number of nitrogens with two attached hydrogens (primary N) is 1. The van der Waals surface area contributed by atoms with Gasteiger partial charge in [-0.2, -0.15) is 0 Å². The fourth-order valence-electron chi connectivity index (χ4n) is 1.57. The van der Waals surface area contributed by atoms with Crippen molar-refractivity contribution in [3.63, 3.8) is 0 Å². The second-order valence-electron chi connectivity index (χ2n) is 4.52. The summed E-state index contributed by atoms with van der Waals surface area (Å²) in [4.78, 5) is 21.4. The van der Waals surface area contributed by atoms with E-state index in [0.717, 1.165) is 15.6 Å². The first-order chi connectivity index (χ1) is 10.5. The third-order valence-electron chi connectivity index (χ3n) is 2.79. The van der Waals surface area contributed by atoms with E-state index in [1.807, 2.05) is 30.3 Å². The molecule has 0 aliphatic carbocycles. The van der Waals surface area contributed by atoms with E-state index >= 15 is 0 Å². The number of aromatic nitrogens is 2. The molecule has 0 atom stereocenters. The second kappa shape index (κ2) is 7.51. The molecule has 0 fully saturated rings. The fraction of sp³-hybridized carbons (Fsp3) is 0.214. The fourth-order valence-corrected chi connectivity index (χ4v) is 2.35. The number of amides is 1. The van der Waals surface area contributed by atoms with Crippen LogP contribution < -0.4 is 11.1 Å². The lowest BCUT2D eigenvalue weighted by Gasteiger charge is -2.13. The Hall–Kier alpha value is -2.48. The van der Waals surface area contributed by atoms with Gasteiger partial charge in [0, 0.05) is 36.9 Å². The standard InChI is InChI=1S/C14H17N5O2S/c1-19(14(20)21)9-8-17-13-16-7-6-12(18-13)22-11-4-2-10(15)3-5-11/h2-7H,8-9,15H2,1H3,(H,20,21)(H,16,17,18). The summed E-state index contributed by atoms with van der Waals surface area (Å²) in [6, 6.07) is 9.35. The van der Waals surface area contributed by atoms with Crippen LogP contribution >= 0.6 is 11.8 Å². The minimum Gasteiger partial charge on any atom is -0.465 e. The largest absolute Gasteiger partial charge is 0.465 e. The number of benzene rings is 1. The Kier molecular flexibility index (Phi) is 5.42. The molecule has 0 bridgehead atoms. The third-order valence-corrected chi connectivity index (χ3v) is 3.73. The van der Waals surface area contributed by atoms with Crippen molar-refractivity contribution in [3.05, 3.63) is 36.5 Å². The summed E-state index contributed by atoms with van der Waals surface area (Å²) in [5.74, 6) is 0.472. The lowest BCUT2D eigenvalue weighted by molar-refractivity contribution is 0.157. The molecule has 22 heavy (non-hydrogen) atoms. The van der Waals surface area contributed by atoms with Gasteiger partial charge in [0.05, 0.1) is 0 Å². The number of rotatable bonds is 6. The summed E-state index contributed by atoms with van der Waals surface area (Å²) < 4.78 is 0. The summed E-state index contributed by atoms with van der Waals surface area (Å²) in [7, 11) is 1.51. The molecule has 0 saturated carbocycles. The molecule has 0 saturated heterocycles. The van der Waals surface area contributed by atoms with Gasteiger partial charge in [-0.3, -0.25) is 0 Å². The molecule has 2 aromatic rings. The molecule has 0 spiro atoms. The van der Waals surface area contributed by atoms with Crippen LogP contribution in [0.15, 0.2) is 46.5 Å². The van der Waals surface area contributed by atoms with Gasteiger partial charge in [0.25, 0.3) is 0 Å². The quantitative estimate of drug-likeness (QED) is 0.554. The highest BCUT2D eigenvalue weighted by molar-refractivity contribution is 7.99. The maximum atomic E-state index is 10.7. The summed E-state index contributed by atoms with van der Waals surface area (Å²) in [5.41, 5.74) is 6.37. The smallest absolute Gasteiger partial charge is 0.407 e. The SMILES string of the molecule is CN(CCNc1nccc(Sc2ccc(N)cc2)n1)C(=O)O. The van der Waals surface area contributed by atoms with Crippen LogP contribution in [0, 0.1) is 0 Å². The molecule has 1 amide bonds. The van der Waals surface area contributed by atoms with E-state index < -0.39 is 6.09 Å². The molecular formula is C14H17N5O2S. The molecule has 7 nitrogen and oxygen atoms in total. The second-order valence-corrected chi connectivity index (χ2v) is 5.61. The van der Waals surface area contributed by atoms with E-state index in [4.69, 9.17) is 10.8 Å². The third kappa shape index (κ3) is 4.81. The van der Waals surface area contributed by atoms with Gasteiger partial charge < -0.3 is 21.1 Å². The predicted octanol–water partition coefficient (Wildman–Crippen LogP) is 2.23. The molecule has 0 aliphatic rings. The Bertz CT molecular complexity index is 635. The molecular weight excluding hydrogens is 302 g/mol. The van der Waals surface area contributed by atoms with Crippen LogP contribution in [-0.4, -0.2) is 46.2 Å². The number of anilines is 2. The maximum absolute atomic E-state index is 10.7. The van der Waals surface area contributed by atoms with Crippen LogP contribution in [-0.2, 0) is 0 Å². The zero-order chi connectivity index (χ0) is 15.9. The molecule has 1 heterocycles. The number of hydrogen-bond donors (Lipinski definition) is 3. The van der Waals surface area contributed by atoms with Crippen molar-refractivity contribution >= 4 is 29.5 Å². The molecule has 1 aromatic heterocycles. The zero-order valence-electron chi connectivity index (χ0n) is 12.1. The van der Waals surface area contributed by atoms with Gasteiger partial charge in [-0.25, -0.2) is 14.8 Å². The number of carboxylic acid groups (broad SMARTS) is 1. The Balaban J connectivity index is 1.92. The molecule has 1 aromatic carbocycles. The van der Waals surface area contributed by atoms with Crippen molar-refractivity contribution < 1.29 is 9.90 Å². The number of hydrogen-bond acceptors (Lipinski definition) is 6. The first-order valence-electron chi connectivity index (χ1n) is 6.59. The van der Waals surface area contributed by atoms with Gasteiger partial charge in [-0.05, 0) is 30.3 Å². The van der Waals surface area contributed by atoms with Gasteiger partial charge in [0.15, 0.2) is 0 Å². The summed E-state index contributed by atoms with van der Waals surface area (Å²) in [6.45, 7) is 0.798. The molecule has 4 N–H and O–H groups in total. The molecule has 2 rings (SSSR count). The Morgan fingerprint density at radius 1 is 1.36 bits per heavy atom. The lowest BCUT2D eigenvalue weighted by Crippen LogP contribution is -2.30. The van der Waals surface area contributed by atoms with Crippen LogP contribution in [0.5, 0.6) is 0 Å². The van der Waals surface area contributed by atoms with E-state index in [-0.39, 0.29) is 0 Å². The molecule has 8 heteroatoms. The summed E-state index contributed by atoms with van der Waals surface area (Å²) in [6.07, 6.45) is 0.700. The topological polar surface area (TPSA) is 104 Å². The van der Waals surface area contributed by atoms with Gasteiger partial charge in [0.2, 0.25) is 5.95 Å². The Morgan fingerprint density at radius 3 is 2.77 bits per heavy atom. The van der Waals surface area contributed by atoms with Crippen molar-refractivity contribution in [2.75, 3.05) is 31.2 Å². The van der Waals surface area contributed by atoms with Gasteiger partial charge in [-0.15, -0.1) is 0 Å². The van der Waals surface area contributed by atoms with Crippen molar-refractivity contribution in [2.45, 2.75) is 9.92 Å². The van der Waals surface area contributed by atoms with Crippen LogP contribution in [0.2, 0.25) is 0 Å². The highest BCUT2D eigenvalue weighted by atomic mass is 32.2. The average Bonchev–Trinajstić information content (AvgIpc) is 2.50. The van der Waals surface area contributed by atoms with Gasteiger partial charge in [0.1, 0.15) is 5.03 Å². The minimum absolute atomic E-state index is 0.355. The number of nitrogens with one attached hydrogen (secondary N) is 1. The van der Waals surface area contributed by atoms with E-state index in [1.165, 1.54) is 23.7 Å². The molecule has 0 unspecified atom stereocenters. The van der Waals surface area contributed by atoms with E-state index in [1.54, 1.807) is 6.20 Å². The summed E-state index contributed by atoms with van der Waals surface area (Å²) >= 11 is 1.50. The predicted molar refractivity (Wildman–Crippen MR) is 86.2 cm³/mol. The summed E-state index contributed by atoms with van der Waals surface area (Å²) in [5, 5.41) is 12.6. The normalized spacial score (nSPS) is 10.2. The molecule has 0 radical (unpaired) electrons. The maximum Gasteiger partial charge on any atom is 0.407 e. The Labute approximate surface area is 132 Å². The number of carbonyl (C=O) groups is 1. The number of nitrogens with zero attached hydrogens (tertiary/aromatic N) is 3. The highest BCUT2D eigenvalue weighted by Crippen LogP contribution is 2.26. The Morgan fingerprint density at radius 2 is 2.09 bits per heavy atom.